The molecule has 0 radical (unpaired) electrons. The number of aromatic nitrogens is 2. The second-order valence-corrected chi connectivity index (χ2v) is 6.44. The maximum atomic E-state index is 11.1. The quantitative estimate of drug-likeness (QED) is 0.277. The number of fused-ring (bicyclic) bond motifs is 1. The number of hydrogen-bond donors (Lipinski definition) is 2. The summed E-state index contributed by atoms with van der Waals surface area (Å²) < 4.78 is 0. The summed E-state index contributed by atoms with van der Waals surface area (Å²) in [5, 5.41) is 25.5. The van der Waals surface area contributed by atoms with Gasteiger partial charge < -0.3 is 10.4 Å². The number of aromatic hydroxyl groups is 1. The van der Waals surface area contributed by atoms with Crippen molar-refractivity contribution in [1.82, 2.24) is 9.97 Å². The molecule has 0 spiro atoms. The maximum absolute atomic E-state index is 11.1. The molecule has 0 atom stereocenters. The average molecular weight is 393 g/mol. The molecule has 138 valence electrons. The lowest BCUT2D eigenvalue weighted by Gasteiger charge is -2.12. The molecular weight excluding hydrogens is 380 g/mol. The van der Waals surface area contributed by atoms with Crippen molar-refractivity contribution in [3.8, 4) is 17.1 Å². The summed E-state index contributed by atoms with van der Waals surface area (Å²) in [5.74, 6) is 0.760. The summed E-state index contributed by atoms with van der Waals surface area (Å²) in [4.78, 5) is 19.7. The molecule has 1 aromatic heterocycles. The monoisotopic (exact) mass is 392 g/mol. The summed E-state index contributed by atoms with van der Waals surface area (Å²) in [6, 6.07) is 18.2. The average Bonchev–Trinajstić information content (AvgIpc) is 2.70. The fourth-order valence-electron chi connectivity index (χ4n) is 2.77. The lowest BCUT2D eigenvalue weighted by molar-refractivity contribution is -0.384. The number of rotatable bonds is 4. The molecule has 0 unspecified atom stereocenters. The van der Waals surface area contributed by atoms with E-state index in [-0.39, 0.29) is 17.1 Å². The molecule has 0 fully saturated rings. The van der Waals surface area contributed by atoms with Crippen LogP contribution in [-0.4, -0.2) is 20.0 Å². The van der Waals surface area contributed by atoms with Crippen LogP contribution in [0.15, 0.2) is 66.7 Å². The van der Waals surface area contributed by atoms with E-state index in [9.17, 15) is 15.2 Å². The van der Waals surface area contributed by atoms with Gasteiger partial charge in [0.25, 0.3) is 5.69 Å². The largest absolute Gasteiger partial charge is 0.506 e. The molecule has 8 heteroatoms. The molecule has 4 rings (SSSR count). The van der Waals surface area contributed by atoms with E-state index in [1.807, 2.05) is 24.3 Å². The van der Waals surface area contributed by atoms with Gasteiger partial charge in [-0.25, -0.2) is 9.97 Å². The summed E-state index contributed by atoms with van der Waals surface area (Å²) >= 11 is 5.95. The number of nitro groups is 1. The van der Waals surface area contributed by atoms with Crippen molar-refractivity contribution in [2.24, 2.45) is 0 Å². The Hall–Kier alpha value is -3.71. The molecule has 2 N–H and O–H groups in total. The van der Waals surface area contributed by atoms with E-state index in [4.69, 9.17) is 11.6 Å². The number of nitrogens with one attached hydrogen (secondary N) is 1. The van der Waals surface area contributed by atoms with Gasteiger partial charge in [-0.15, -0.1) is 0 Å². The first-order valence-corrected chi connectivity index (χ1v) is 8.66. The van der Waals surface area contributed by atoms with E-state index < -0.39 is 4.92 Å². The number of phenolic OH excluding ortho intramolecular Hbond substituents is 1. The van der Waals surface area contributed by atoms with Crippen molar-refractivity contribution in [3.05, 3.63) is 81.9 Å². The predicted molar refractivity (Wildman–Crippen MR) is 108 cm³/mol. The molecule has 0 bridgehead atoms. The van der Waals surface area contributed by atoms with Crippen molar-refractivity contribution < 1.29 is 10.0 Å². The number of anilines is 2. The number of benzene rings is 3. The highest BCUT2D eigenvalue weighted by molar-refractivity contribution is 6.30. The van der Waals surface area contributed by atoms with Crippen LogP contribution in [0.3, 0.4) is 0 Å². The van der Waals surface area contributed by atoms with Gasteiger partial charge >= 0.3 is 0 Å². The number of hydrogen-bond acceptors (Lipinski definition) is 6. The van der Waals surface area contributed by atoms with E-state index in [2.05, 4.69) is 15.3 Å². The van der Waals surface area contributed by atoms with Gasteiger partial charge in [-0.05, 0) is 42.5 Å². The third kappa shape index (κ3) is 3.43. The standard InChI is InChI=1S/C20H13ClN4O3/c21-13-7-5-12(6-8-13)19-22-16-4-2-1-3-15(16)20(24-19)23-17-11-14(25(27)28)9-10-18(17)26/h1-11,26H,(H,22,23,24). The Morgan fingerprint density at radius 1 is 1.00 bits per heavy atom. The third-order valence-corrected chi connectivity index (χ3v) is 4.40. The number of para-hydroxylation sites is 1. The molecule has 0 aliphatic rings. The number of halogens is 1. The van der Waals surface area contributed by atoms with Crippen LogP contribution in [0.25, 0.3) is 22.3 Å². The second-order valence-electron chi connectivity index (χ2n) is 6.00. The van der Waals surface area contributed by atoms with Crippen molar-refractivity contribution in [3.63, 3.8) is 0 Å². The van der Waals surface area contributed by atoms with Gasteiger partial charge in [0.15, 0.2) is 5.82 Å². The van der Waals surface area contributed by atoms with Gasteiger partial charge in [0.2, 0.25) is 0 Å². The minimum atomic E-state index is -0.526. The Morgan fingerprint density at radius 2 is 1.75 bits per heavy atom. The Morgan fingerprint density at radius 3 is 2.50 bits per heavy atom. The smallest absolute Gasteiger partial charge is 0.271 e. The zero-order chi connectivity index (χ0) is 19.7. The predicted octanol–water partition coefficient (Wildman–Crippen LogP) is 5.31. The minimum absolute atomic E-state index is 0.124. The first-order valence-electron chi connectivity index (χ1n) is 8.28. The van der Waals surface area contributed by atoms with Crippen LogP contribution >= 0.6 is 11.6 Å². The van der Waals surface area contributed by atoms with Crippen molar-refractivity contribution in [2.75, 3.05) is 5.32 Å². The van der Waals surface area contributed by atoms with Crippen LogP contribution < -0.4 is 5.32 Å². The molecular formula is C20H13ClN4O3. The van der Waals surface area contributed by atoms with Gasteiger partial charge in [0, 0.05) is 28.1 Å². The highest BCUT2D eigenvalue weighted by Gasteiger charge is 2.14. The Labute approximate surface area is 164 Å². The Bertz CT molecular complexity index is 1200. The lowest BCUT2D eigenvalue weighted by atomic mass is 10.1. The van der Waals surface area contributed by atoms with E-state index in [0.29, 0.717) is 27.6 Å². The maximum Gasteiger partial charge on any atom is 0.271 e. The molecule has 4 aromatic rings. The molecule has 0 amide bonds. The van der Waals surface area contributed by atoms with Gasteiger partial charge in [-0.2, -0.15) is 0 Å². The van der Waals surface area contributed by atoms with Crippen LogP contribution in [-0.2, 0) is 0 Å². The summed E-state index contributed by atoms with van der Waals surface area (Å²) in [5.41, 5.74) is 1.49. The Kier molecular flexibility index (Phi) is 4.50. The first-order chi connectivity index (χ1) is 13.5. The molecule has 1 heterocycles. The highest BCUT2D eigenvalue weighted by Crippen LogP contribution is 2.33. The molecule has 0 aliphatic heterocycles. The number of nitro benzene ring substituents is 1. The van der Waals surface area contributed by atoms with E-state index in [1.54, 1.807) is 24.3 Å². The summed E-state index contributed by atoms with van der Waals surface area (Å²) in [6.45, 7) is 0. The molecule has 0 saturated heterocycles. The molecule has 0 aliphatic carbocycles. The molecule has 28 heavy (non-hydrogen) atoms. The first kappa shape index (κ1) is 17.7. The normalized spacial score (nSPS) is 10.8. The zero-order valence-corrected chi connectivity index (χ0v) is 15.1. The fourth-order valence-corrected chi connectivity index (χ4v) is 2.89. The SMILES string of the molecule is O=[N+]([O-])c1ccc(O)c(Nc2nc(-c3ccc(Cl)cc3)nc3ccccc23)c1. The van der Waals surface area contributed by atoms with Crippen LogP contribution in [0.2, 0.25) is 5.02 Å². The van der Waals surface area contributed by atoms with Gasteiger partial charge in [-0.3, -0.25) is 10.1 Å². The van der Waals surface area contributed by atoms with Crippen LogP contribution in [0, 0.1) is 10.1 Å². The third-order valence-electron chi connectivity index (χ3n) is 4.15. The van der Waals surface area contributed by atoms with Crippen molar-refractivity contribution >= 4 is 39.7 Å². The van der Waals surface area contributed by atoms with Gasteiger partial charge in [0.05, 0.1) is 16.1 Å². The summed E-state index contributed by atoms with van der Waals surface area (Å²) in [6.07, 6.45) is 0. The zero-order valence-electron chi connectivity index (χ0n) is 14.3. The Balaban J connectivity index is 1.85. The second kappa shape index (κ2) is 7.13. The van der Waals surface area contributed by atoms with E-state index >= 15 is 0 Å². The fraction of sp³-hybridized carbons (Fsp3) is 0. The lowest BCUT2D eigenvalue weighted by Crippen LogP contribution is -2.00. The topological polar surface area (TPSA) is 101 Å². The molecule has 0 saturated carbocycles. The molecule has 3 aromatic carbocycles. The summed E-state index contributed by atoms with van der Waals surface area (Å²) in [7, 11) is 0. The van der Waals surface area contributed by atoms with E-state index in [1.165, 1.54) is 18.2 Å². The van der Waals surface area contributed by atoms with Crippen LogP contribution in [0.5, 0.6) is 5.75 Å². The van der Waals surface area contributed by atoms with Gasteiger partial charge in [-0.1, -0.05) is 23.7 Å². The van der Waals surface area contributed by atoms with Crippen LogP contribution in [0.1, 0.15) is 0 Å². The minimum Gasteiger partial charge on any atom is -0.506 e. The van der Waals surface area contributed by atoms with E-state index in [0.717, 1.165) is 5.56 Å². The molecule has 7 nitrogen and oxygen atoms in total. The number of nitrogens with zero attached hydrogens (tertiary/aromatic N) is 3. The van der Waals surface area contributed by atoms with Gasteiger partial charge in [0.1, 0.15) is 11.6 Å². The van der Waals surface area contributed by atoms with Crippen LogP contribution in [0.4, 0.5) is 17.2 Å². The number of phenols is 1. The number of non-ortho nitro benzene ring substituents is 1. The highest BCUT2D eigenvalue weighted by atomic mass is 35.5. The van der Waals surface area contributed by atoms with Crippen molar-refractivity contribution in [2.45, 2.75) is 0 Å². The van der Waals surface area contributed by atoms with Crippen molar-refractivity contribution in [1.29, 1.82) is 0 Å².